The van der Waals surface area contributed by atoms with Crippen molar-refractivity contribution in [3.8, 4) is 0 Å². The highest BCUT2D eigenvalue weighted by molar-refractivity contribution is 4.90. The van der Waals surface area contributed by atoms with Crippen molar-refractivity contribution in [2.75, 3.05) is 20.1 Å². The minimum absolute atomic E-state index is 0.356. The van der Waals surface area contributed by atoms with Crippen molar-refractivity contribution in [3.05, 3.63) is 16.4 Å². The van der Waals surface area contributed by atoms with Gasteiger partial charge >= 0.3 is 11.6 Å². The van der Waals surface area contributed by atoms with Crippen molar-refractivity contribution < 1.29 is 9.10 Å². The number of likely N-dealkylation sites (tertiary alicyclic amines) is 1. The molecule has 1 unspecified atom stereocenters. The number of H-pyrrole nitrogens is 1. The second kappa shape index (κ2) is 2.99. The first kappa shape index (κ1) is 8.50. The highest BCUT2D eigenvalue weighted by Crippen LogP contribution is 2.22. The van der Waals surface area contributed by atoms with E-state index in [9.17, 15) is 4.79 Å². The normalized spacial score (nSPS) is 24.0. The van der Waals surface area contributed by atoms with Crippen molar-refractivity contribution >= 4 is 0 Å². The standard InChI is InChI=1S/C8H13N3O2/c1-10-4-3-6(5-10)7-11(2)9-8(12)13-7/h6H,3-5H2,1-2H3/p+1. The average Bonchev–Trinajstić information content (AvgIpc) is 2.58. The van der Waals surface area contributed by atoms with E-state index < -0.39 is 0 Å². The number of rotatable bonds is 1. The smallest absolute Gasteiger partial charge is 0.352 e. The third-order valence-electron chi connectivity index (χ3n) is 2.53. The van der Waals surface area contributed by atoms with E-state index in [2.05, 4.69) is 17.0 Å². The van der Waals surface area contributed by atoms with Gasteiger partial charge in [-0.2, -0.15) is 0 Å². The lowest BCUT2D eigenvalue weighted by Gasteiger charge is -2.03. The van der Waals surface area contributed by atoms with Crippen LogP contribution in [0.5, 0.6) is 0 Å². The largest absolute Gasteiger partial charge is 0.470 e. The molecule has 1 aromatic rings. The number of likely N-dealkylation sites (N-methyl/N-ethyl adjacent to an activating group) is 1. The van der Waals surface area contributed by atoms with E-state index in [1.54, 1.807) is 11.7 Å². The molecule has 0 radical (unpaired) electrons. The van der Waals surface area contributed by atoms with E-state index in [-0.39, 0.29) is 5.76 Å². The van der Waals surface area contributed by atoms with Crippen LogP contribution in [-0.2, 0) is 7.05 Å². The van der Waals surface area contributed by atoms with Gasteiger partial charge in [0.15, 0.2) is 7.05 Å². The Morgan fingerprint density at radius 2 is 2.46 bits per heavy atom. The second-order valence-corrected chi connectivity index (χ2v) is 3.65. The Morgan fingerprint density at radius 3 is 2.92 bits per heavy atom. The number of aromatic amines is 1. The first-order valence-corrected chi connectivity index (χ1v) is 4.44. The Labute approximate surface area is 75.9 Å². The van der Waals surface area contributed by atoms with Gasteiger partial charge in [0.05, 0.1) is 5.92 Å². The lowest BCUT2D eigenvalue weighted by Crippen LogP contribution is -2.37. The number of nitrogens with one attached hydrogen (secondary N) is 1. The third kappa shape index (κ3) is 1.51. The zero-order valence-corrected chi connectivity index (χ0v) is 7.91. The minimum Gasteiger partial charge on any atom is -0.352 e. The van der Waals surface area contributed by atoms with Crippen LogP contribution in [0.15, 0.2) is 9.21 Å². The summed E-state index contributed by atoms with van der Waals surface area (Å²) in [7, 11) is 3.88. The number of aromatic nitrogens is 2. The van der Waals surface area contributed by atoms with Crippen LogP contribution in [0.3, 0.4) is 0 Å². The molecule has 0 aliphatic carbocycles. The quantitative estimate of drug-likeness (QED) is 0.582. The van der Waals surface area contributed by atoms with Crippen molar-refractivity contribution in [1.82, 2.24) is 10.00 Å². The fourth-order valence-corrected chi connectivity index (χ4v) is 1.87. The summed E-state index contributed by atoms with van der Waals surface area (Å²) in [5, 5.41) is 2.58. The molecule has 1 aromatic heterocycles. The van der Waals surface area contributed by atoms with E-state index in [1.807, 2.05) is 0 Å². The molecule has 5 nitrogen and oxygen atoms in total. The number of hydrogen-bond acceptors (Lipinski definition) is 3. The zero-order chi connectivity index (χ0) is 9.42. The Morgan fingerprint density at radius 1 is 1.69 bits per heavy atom. The van der Waals surface area contributed by atoms with E-state index in [1.165, 1.54) is 0 Å². The summed E-state index contributed by atoms with van der Waals surface area (Å²) < 4.78 is 6.74. The van der Waals surface area contributed by atoms with Crippen LogP contribution in [0.2, 0.25) is 0 Å². The third-order valence-corrected chi connectivity index (χ3v) is 2.53. The van der Waals surface area contributed by atoms with Crippen molar-refractivity contribution in [2.24, 2.45) is 7.05 Å². The summed E-state index contributed by atoms with van der Waals surface area (Å²) >= 11 is 0. The van der Waals surface area contributed by atoms with Crippen LogP contribution in [0.25, 0.3) is 0 Å². The van der Waals surface area contributed by atoms with Gasteiger partial charge in [0, 0.05) is 6.54 Å². The van der Waals surface area contributed by atoms with Crippen LogP contribution in [-0.4, -0.2) is 30.1 Å². The predicted octanol–water partition coefficient (Wildman–Crippen LogP) is -0.788. The molecule has 1 fully saturated rings. The highest BCUT2D eigenvalue weighted by atomic mass is 16.4. The van der Waals surface area contributed by atoms with Gasteiger partial charge in [-0.3, -0.25) is 0 Å². The summed E-state index contributed by atoms with van der Waals surface area (Å²) in [6, 6.07) is 0. The van der Waals surface area contributed by atoms with Crippen LogP contribution >= 0.6 is 0 Å². The van der Waals surface area contributed by atoms with Crippen molar-refractivity contribution in [3.63, 3.8) is 0 Å². The Bertz CT molecular complexity index is 355. The Kier molecular flexibility index (Phi) is 1.95. The van der Waals surface area contributed by atoms with Gasteiger partial charge in [0.1, 0.15) is 0 Å². The molecular weight excluding hydrogens is 170 g/mol. The predicted molar refractivity (Wildman–Crippen MR) is 45.4 cm³/mol. The number of aryl methyl sites for hydroxylation is 1. The summed E-state index contributed by atoms with van der Waals surface area (Å²) in [6.07, 6.45) is 1.06. The molecule has 1 aliphatic rings. The van der Waals surface area contributed by atoms with Gasteiger partial charge in [-0.05, 0) is 20.0 Å². The van der Waals surface area contributed by atoms with Crippen molar-refractivity contribution in [2.45, 2.75) is 12.3 Å². The van der Waals surface area contributed by atoms with E-state index in [4.69, 9.17) is 4.42 Å². The molecule has 1 N–H and O–H groups in total. The fraction of sp³-hybridized carbons (Fsp3) is 0.750. The molecule has 1 saturated heterocycles. The van der Waals surface area contributed by atoms with Crippen LogP contribution in [0, 0.1) is 0 Å². The first-order valence-electron chi connectivity index (χ1n) is 4.44. The molecule has 13 heavy (non-hydrogen) atoms. The SMILES string of the molecule is CN1CCC(c2oc(=O)[nH][n+]2C)C1. The van der Waals surface area contributed by atoms with Crippen molar-refractivity contribution in [1.29, 1.82) is 0 Å². The van der Waals surface area contributed by atoms with Gasteiger partial charge < -0.3 is 9.32 Å². The van der Waals surface area contributed by atoms with Gasteiger partial charge in [-0.1, -0.05) is 9.78 Å². The molecule has 0 spiro atoms. The highest BCUT2D eigenvalue weighted by Gasteiger charge is 2.32. The van der Waals surface area contributed by atoms with Crippen LogP contribution in [0.1, 0.15) is 18.2 Å². The van der Waals surface area contributed by atoms with E-state index in [0.29, 0.717) is 5.92 Å². The Balaban J connectivity index is 2.25. The molecule has 0 saturated carbocycles. The van der Waals surface area contributed by atoms with Gasteiger partial charge in [0.25, 0.3) is 0 Å². The average molecular weight is 184 g/mol. The maximum atomic E-state index is 10.9. The van der Waals surface area contributed by atoms with Gasteiger partial charge in [-0.15, -0.1) is 0 Å². The summed E-state index contributed by atoms with van der Waals surface area (Å²) in [4.78, 5) is 13.1. The van der Waals surface area contributed by atoms with Gasteiger partial charge in [-0.25, -0.2) is 4.79 Å². The summed E-state index contributed by atoms with van der Waals surface area (Å²) in [6.45, 7) is 2.04. The number of nitrogens with zero attached hydrogens (tertiary/aromatic N) is 2. The molecule has 0 bridgehead atoms. The fourth-order valence-electron chi connectivity index (χ4n) is 1.87. The maximum absolute atomic E-state index is 10.9. The molecular formula is C8H14N3O2+. The lowest BCUT2D eigenvalue weighted by atomic mass is 10.1. The Hall–Kier alpha value is -1.10. The molecule has 1 aliphatic heterocycles. The molecule has 2 rings (SSSR count). The summed E-state index contributed by atoms with van der Waals surface area (Å²) in [5.74, 6) is 0.746. The number of hydrogen-bond donors (Lipinski definition) is 1. The van der Waals surface area contributed by atoms with E-state index >= 15 is 0 Å². The van der Waals surface area contributed by atoms with E-state index in [0.717, 1.165) is 25.4 Å². The molecule has 0 aromatic carbocycles. The molecule has 0 amide bonds. The van der Waals surface area contributed by atoms with Crippen LogP contribution in [0.4, 0.5) is 0 Å². The minimum atomic E-state index is -0.368. The molecule has 72 valence electrons. The van der Waals surface area contributed by atoms with Gasteiger partial charge in [0.2, 0.25) is 0 Å². The lowest BCUT2D eigenvalue weighted by molar-refractivity contribution is -0.740. The topological polar surface area (TPSA) is 53.1 Å². The second-order valence-electron chi connectivity index (χ2n) is 3.65. The summed E-state index contributed by atoms with van der Waals surface area (Å²) in [5.41, 5.74) is 0. The monoisotopic (exact) mass is 184 g/mol. The molecule has 1 atom stereocenters. The first-order chi connectivity index (χ1) is 6.16. The molecule has 2 heterocycles. The maximum Gasteiger partial charge on any atom is 0.470 e. The molecule has 5 heteroatoms. The van der Waals surface area contributed by atoms with Crippen LogP contribution < -0.4 is 10.4 Å². The zero-order valence-electron chi connectivity index (χ0n) is 7.91.